The van der Waals surface area contributed by atoms with Crippen molar-refractivity contribution < 1.29 is 18.8 Å². The molecule has 0 atom stereocenters. The molecule has 272 valence electrons. The monoisotopic (exact) mass is 721 g/mol. The first-order valence-electron chi connectivity index (χ1n) is 17.8. The van der Waals surface area contributed by atoms with E-state index in [1.807, 2.05) is 37.1 Å². The van der Waals surface area contributed by atoms with Gasteiger partial charge in [0.05, 0.1) is 11.9 Å². The Kier molecular flexibility index (Phi) is 13.3. The van der Waals surface area contributed by atoms with E-state index < -0.39 is 5.91 Å². The van der Waals surface area contributed by atoms with Crippen LogP contribution in [0.15, 0.2) is 100 Å². The minimum Gasteiger partial charge on any atom is -0.451 e. The second kappa shape index (κ2) is 18.3. The Labute approximate surface area is 309 Å². The third-order valence-electron chi connectivity index (χ3n) is 8.97. The quantitative estimate of drug-likeness (QED) is 0.167. The van der Waals surface area contributed by atoms with Gasteiger partial charge in [-0.15, -0.1) is 0 Å². The van der Waals surface area contributed by atoms with Gasteiger partial charge in [-0.1, -0.05) is 92.0 Å². The first kappa shape index (κ1) is 38.0. The maximum absolute atomic E-state index is 12.8. The van der Waals surface area contributed by atoms with Gasteiger partial charge < -0.3 is 29.2 Å². The number of benzene rings is 4. The van der Waals surface area contributed by atoms with Crippen LogP contribution in [0.1, 0.15) is 48.4 Å². The molecule has 7 rings (SSSR count). The summed E-state index contributed by atoms with van der Waals surface area (Å²) in [6.45, 7) is 9.65. The Morgan fingerprint density at radius 2 is 1.56 bits per heavy atom. The van der Waals surface area contributed by atoms with Gasteiger partial charge in [0, 0.05) is 69.4 Å². The zero-order valence-corrected chi connectivity index (χ0v) is 31.1. The lowest BCUT2D eigenvalue weighted by molar-refractivity contribution is -0.130. The number of carbonyl (C=O) groups excluding carboxylic acids is 3. The predicted molar refractivity (Wildman–Crippen MR) is 212 cm³/mol. The molecule has 0 bridgehead atoms. The molecule has 2 N–H and O–H groups in total. The highest BCUT2D eigenvalue weighted by atomic mass is 32.2. The van der Waals surface area contributed by atoms with Crippen LogP contribution in [-0.2, 0) is 16.1 Å². The summed E-state index contributed by atoms with van der Waals surface area (Å²) in [6.07, 6.45) is 3.40. The van der Waals surface area contributed by atoms with E-state index in [1.165, 1.54) is 28.3 Å². The maximum atomic E-state index is 12.8. The minimum absolute atomic E-state index is 0.135. The number of fused-ring (bicyclic) bond motifs is 2. The molecule has 3 heterocycles. The molecule has 1 aromatic heterocycles. The summed E-state index contributed by atoms with van der Waals surface area (Å²) in [4.78, 5) is 56.0. The van der Waals surface area contributed by atoms with Crippen LogP contribution in [0.4, 0.5) is 11.4 Å². The first-order valence-corrected chi connectivity index (χ1v) is 19.0. The van der Waals surface area contributed by atoms with Crippen LogP contribution in [-0.4, -0.2) is 73.0 Å². The third-order valence-corrected chi connectivity index (χ3v) is 9.41. The molecule has 0 saturated carbocycles. The topological polar surface area (TPSA) is 115 Å². The van der Waals surface area contributed by atoms with Crippen molar-refractivity contribution in [3.8, 4) is 0 Å². The second-order valence-corrected chi connectivity index (χ2v) is 13.1. The maximum Gasteiger partial charge on any atom is 0.287 e. The summed E-state index contributed by atoms with van der Waals surface area (Å²) in [5.74, 6) is -0.751. The number of para-hydroxylation sites is 1. The number of nitrogens with one attached hydrogen (secondary N) is 2. The Morgan fingerprint density at radius 1 is 0.827 bits per heavy atom. The molecule has 2 saturated heterocycles. The number of piperazine rings is 1. The van der Waals surface area contributed by atoms with Crippen LogP contribution >= 0.6 is 11.9 Å². The van der Waals surface area contributed by atoms with E-state index in [9.17, 15) is 19.2 Å². The third kappa shape index (κ3) is 9.52. The van der Waals surface area contributed by atoms with Crippen molar-refractivity contribution >= 4 is 62.8 Å². The standard InChI is InChI=1S/C28H31N5O5S.C11H10.C2H6/c1-39-30-20-8-9-24-21(15-20)23(34)16-25(38-24)28(37)29-17-27(36)32-13-11-31(12-14-32)22-6-3-2-5-19(22)18-33-10-4-7-26(33)35;1-9-6-7-10-4-2-3-5-11(10)8-9;1-2/h2-3,5-6,8-9,15-16,30H,4,7,10-14,17-18H2,1H3,(H,29,37);2-8H,1H3;1-2H3. The zero-order chi connectivity index (χ0) is 37.0. The first-order chi connectivity index (χ1) is 25.3. The van der Waals surface area contributed by atoms with Crippen LogP contribution in [0.25, 0.3) is 21.7 Å². The van der Waals surface area contributed by atoms with Gasteiger partial charge in [0.1, 0.15) is 5.58 Å². The SMILES string of the molecule is CC.CSNc1ccc2oc(C(=O)NCC(=O)N3CCN(c4ccccc4CN4CCCC4=O)CC3)cc(=O)c2c1.Cc1ccc2ccccc2c1. The average Bonchev–Trinajstić information content (AvgIpc) is 3.58. The number of carbonyl (C=O) groups is 3. The molecule has 2 aliphatic rings. The van der Waals surface area contributed by atoms with Crippen molar-refractivity contribution in [3.05, 3.63) is 118 Å². The number of aryl methyl sites for hydroxylation is 1. The Bertz CT molecular complexity index is 2070. The molecule has 52 heavy (non-hydrogen) atoms. The summed E-state index contributed by atoms with van der Waals surface area (Å²) in [5.41, 5.74) is 4.24. The lowest BCUT2D eigenvalue weighted by Gasteiger charge is -2.37. The van der Waals surface area contributed by atoms with Crippen LogP contribution < -0.4 is 20.4 Å². The van der Waals surface area contributed by atoms with Crippen molar-refractivity contribution in [2.24, 2.45) is 0 Å². The fraction of sp³-hybridized carbons (Fsp3) is 0.317. The van der Waals surface area contributed by atoms with E-state index in [1.54, 1.807) is 23.1 Å². The molecule has 2 aliphatic heterocycles. The summed E-state index contributed by atoms with van der Waals surface area (Å²) in [5, 5.41) is 5.60. The fourth-order valence-corrected chi connectivity index (χ4v) is 6.70. The Morgan fingerprint density at radius 3 is 2.29 bits per heavy atom. The average molecular weight is 722 g/mol. The van der Waals surface area contributed by atoms with Gasteiger partial charge in [0.25, 0.3) is 5.91 Å². The van der Waals surface area contributed by atoms with E-state index >= 15 is 0 Å². The van der Waals surface area contributed by atoms with E-state index in [0.717, 1.165) is 36.0 Å². The number of likely N-dealkylation sites (tertiary alicyclic amines) is 1. The molecule has 0 aliphatic carbocycles. The number of amides is 3. The molecule has 5 aromatic rings. The molecular formula is C41H47N5O5S. The van der Waals surface area contributed by atoms with E-state index in [2.05, 4.69) is 76.5 Å². The number of hydrogen-bond donors (Lipinski definition) is 2. The van der Waals surface area contributed by atoms with Crippen LogP contribution in [0.5, 0.6) is 0 Å². The van der Waals surface area contributed by atoms with E-state index in [4.69, 9.17) is 4.42 Å². The molecule has 4 aromatic carbocycles. The summed E-state index contributed by atoms with van der Waals surface area (Å²) >= 11 is 1.41. The zero-order valence-electron chi connectivity index (χ0n) is 30.3. The highest BCUT2D eigenvalue weighted by Gasteiger charge is 2.25. The minimum atomic E-state index is -0.613. The molecule has 2 fully saturated rings. The van der Waals surface area contributed by atoms with Crippen LogP contribution in [0, 0.1) is 6.92 Å². The summed E-state index contributed by atoms with van der Waals surface area (Å²) in [6, 6.07) is 29.2. The number of hydrogen-bond acceptors (Lipinski definition) is 8. The van der Waals surface area contributed by atoms with Crippen LogP contribution in [0.3, 0.4) is 0 Å². The van der Waals surface area contributed by atoms with Crippen molar-refractivity contribution in [1.82, 2.24) is 15.1 Å². The van der Waals surface area contributed by atoms with Gasteiger partial charge in [-0.3, -0.25) is 19.2 Å². The van der Waals surface area contributed by atoms with Crippen molar-refractivity contribution in [2.45, 2.75) is 40.2 Å². The van der Waals surface area contributed by atoms with Crippen molar-refractivity contribution in [1.29, 1.82) is 0 Å². The van der Waals surface area contributed by atoms with Crippen molar-refractivity contribution in [2.75, 3.05) is 55.1 Å². The van der Waals surface area contributed by atoms with Gasteiger partial charge in [-0.25, -0.2) is 0 Å². The number of anilines is 2. The van der Waals surface area contributed by atoms with Gasteiger partial charge in [-0.05, 0) is 53.9 Å². The van der Waals surface area contributed by atoms with Gasteiger partial charge >= 0.3 is 0 Å². The molecule has 0 radical (unpaired) electrons. The number of nitrogens with zero attached hydrogens (tertiary/aromatic N) is 3. The Balaban J connectivity index is 0.000000338. The molecule has 11 heteroatoms. The second-order valence-electron chi connectivity index (χ2n) is 12.4. The van der Waals surface area contributed by atoms with E-state index in [-0.39, 0.29) is 29.5 Å². The lowest BCUT2D eigenvalue weighted by Crippen LogP contribution is -2.51. The lowest BCUT2D eigenvalue weighted by atomic mass is 10.1. The largest absolute Gasteiger partial charge is 0.451 e. The molecular weight excluding hydrogens is 675 g/mol. The van der Waals surface area contributed by atoms with Crippen molar-refractivity contribution in [3.63, 3.8) is 0 Å². The van der Waals surface area contributed by atoms with E-state index in [0.29, 0.717) is 50.1 Å². The molecule has 0 spiro atoms. The van der Waals surface area contributed by atoms with Gasteiger partial charge in [0.15, 0.2) is 11.2 Å². The summed E-state index contributed by atoms with van der Waals surface area (Å²) < 4.78 is 8.70. The molecule has 10 nitrogen and oxygen atoms in total. The highest BCUT2D eigenvalue weighted by Crippen LogP contribution is 2.25. The fourth-order valence-electron chi connectivity index (χ4n) is 6.34. The summed E-state index contributed by atoms with van der Waals surface area (Å²) in [7, 11) is 0. The Hall–Kier alpha value is -5.29. The van der Waals surface area contributed by atoms with Crippen LogP contribution in [0.2, 0.25) is 0 Å². The molecule has 0 unspecified atom stereocenters. The smallest absolute Gasteiger partial charge is 0.287 e. The normalized spacial score (nSPS) is 14.0. The van der Waals surface area contributed by atoms with Gasteiger partial charge in [-0.2, -0.15) is 0 Å². The highest BCUT2D eigenvalue weighted by molar-refractivity contribution is 7.99. The predicted octanol–water partition coefficient (Wildman–Crippen LogP) is 6.86. The molecule has 3 amide bonds. The number of rotatable bonds is 8. The van der Waals surface area contributed by atoms with Gasteiger partial charge in [0.2, 0.25) is 11.8 Å².